The number of carboxylic acids is 1. The average molecular weight is 262 g/mol. The van der Waals surface area contributed by atoms with Crippen molar-refractivity contribution in [3.05, 3.63) is 28.8 Å². The summed E-state index contributed by atoms with van der Waals surface area (Å²) < 4.78 is 5.34. The Labute approximate surface area is 111 Å². The third-order valence-electron chi connectivity index (χ3n) is 3.34. The number of carbonyl (C=O) groups is 2. The van der Waals surface area contributed by atoms with E-state index in [-0.39, 0.29) is 29.3 Å². The fourth-order valence-electron chi connectivity index (χ4n) is 2.43. The summed E-state index contributed by atoms with van der Waals surface area (Å²) in [7, 11) is -1.14. The molecule has 1 aliphatic heterocycles. The third kappa shape index (κ3) is 2.63. The molecule has 0 saturated heterocycles. The van der Waals surface area contributed by atoms with Gasteiger partial charge in [-0.1, -0.05) is 12.1 Å². The Balaban J connectivity index is 2.40. The lowest BCUT2D eigenvalue weighted by atomic mass is 9.64. The molecule has 1 aromatic rings. The van der Waals surface area contributed by atoms with Crippen LogP contribution >= 0.6 is 0 Å². The number of rotatable bonds is 3. The van der Waals surface area contributed by atoms with E-state index in [0.717, 1.165) is 5.56 Å². The minimum Gasteiger partial charge on any atom is -0.535 e. The number of Topliss-reactive ketones (excluding diaryl/α,β-unsaturated/α-hetero) is 1. The molecule has 100 valence electrons. The van der Waals surface area contributed by atoms with E-state index in [4.69, 9.17) is 4.65 Å². The van der Waals surface area contributed by atoms with E-state index in [2.05, 4.69) is 0 Å². The molecule has 1 heterocycles. The van der Waals surface area contributed by atoms with Crippen molar-refractivity contribution in [3.8, 4) is 5.75 Å². The van der Waals surface area contributed by atoms with Crippen LogP contribution in [0.5, 0.6) is 5.75 Å². The number of benzene rings is 1. The molecule has 1 aliphatic rings. The minimum absolute atomic E-state index is 0.0262. The number of fused-ring (bicyclic) bond motifs is 1. The molecular formula is C13H15BO5. The van der Waals surface area contributed by atoms with E-state index in [1.54, 1.807) is 19.1 Å². The van der Waals surface area contributed by atoms with Crippen LogP contribution in [0.1, 0.15) is 34.8 Å². The van der Waals surface area contributed by atoms with Gasteiger partial charge in [-0.25, -0.2) is 4.79 Å². The van der Waals surface area contributed by atoms with Gasteiger partial charge in [0, 0.05) is 12.2 Å². The monoisotopic (exact) mass is 262 g/mol. The highest BCUT2D eigenvalue weighted by Crippen LogP contribution is 2.37. The first-order valence-corrected chi connectivity index (χ1v) is 6.10. The van der Waals surface area contributed by atoms with Gasteiger partial charge in [0.1, 0.15) is 17.1 Å². The zero-order valence-corrected chi connectivity index (χ0v) is 10.8. The van der Waals surface area contributed by atoms with Crippen LogP contribution in [-0.4, -0.2) is 29.0 Å². The zero-order chi connectivity index (χ0) is 14.2. The van der Waals surface area contributed by atoms with E-state index in [9.17, 15) is 19.7 Å². The average Bonchev–Trinajstić information content (AvgIpc) is 2.29. The van der Waals surface area contributed by atoms with Crippen LogP contribution < -0.4 is 4.65 Å². The Kier molecular flexibility index (Phi) is 3.62. The molecule has 0 fully saturated rings. The Bertz CT molecular complexity index is 540. The van der Waals surface area contributed by atoms with Crippen molar-refractivity contribution in [2.75, 3.05) is 0 Å². The largest absolute Gasteiger partial charge is 0.535 e. The lowest BCUT2D eigenvalue weighted by Gasteiger charge is -2.28. The van der Waals surface area contributed by atoms with Crippen molar-refractivity contribution in [2.24, 2.45) is 0 Å². The highest BCUT2D eigenvalue weighted by atomic mass is 16.5. The molecule has 0 aliphatic carbocycles. The summed E-state index contributed by atoms with van der Waals surface area (Å²) in [6.45, 7) is 3.14. The second-order valence-electron chi connectivity index (χ2n) is 4.93. The van der Waals surface area contributed by atoms with Gasteiger partial charge in [-0.15, -0.1) is 0 Å². The van der Waals surface area contributed by atoms with Crippen LogP contribution in [0, 0.1) is 6.92 Å². The van der Waals surface area contributed by atoms with Gasteiger partial charge in [-0.3, -0.25) is 0 Å². The first-order chi connectivity index (χ1) is 8.90. The van der Waals surface area contributed by atoms with Crippen LogP contribution in [0.25, 0.3) is 0 Å². The minimum atomic E-state index is -1.14. The highest BCUT2D eigenvalue weighted by molar-refractivity contribution is 6.47. The summed E-state index contributed by atoms with van der Waals surface area (Å²) in [6.07, 6.45) is 0.660. The summed E-state index contributed by atoms with van der Waals surface area (Å²) in [4.78, 5) is 22.4. The SMILES string of the molecule is CC(=O)C[C@H]1Cc2ccc(C)c(C(=O)O)c2OB1O. The fraction of sp³-hybridized carbons (Fsp3) is 0.385. The molecule has 5 nitrogen and oxygen atoms in total. The molecule has 0 spiro atoms. The van der Waals surface area contributed by atoms with Crippen LogP contribution in [-0.2, 0) is 11.2 Å². The maximum Gasteiger partial charge on any atom is 0.526 e. The number of hydrogen-bond donors (Lipinski definition) is 2. The molecule has 1 atom stereocenters. The number of carbonyl (C=O) groups excluding carboxylic acids is 1. The first kappa shape index (κ1) is 13.6. The zero-order valence-electron chi connectivity index (χ0n) is 10.8. The van der Waals surface area contributed by atoms with Crippen molar-refractivity contribution in [1.82, 2.24) is 0 Å². The second kappa shape index (κ2) is 5.05. The number of carboxylic acid groups (broad SMARTS) is 1. The molecule has 0 radical (unpaired) electrons. The summed E-state index contributed by atoms with van der Waals surface area (Å²) >= 11 is 0. The normalized spacial score (nSPS) is 17.6. The fourth-order valence-corrected chi connectivity index (χ4v) is 2.43. The number of aromatic carboxylic acids is 1. The standard InChI is InChI=1S/C13H15BO5/c1-7-3-4-9-6-10(5-8(2)15)14(18)19-12(9)11(7)13(16)17/h3-4,10,18H,5-6H2,1-2H3,(H,16,17)/t10-/m0/s1. The molecule has 1 aromatic carbocycles. The molecule has 0 unspecified atom stereocenters. The van der Waals surface area contributed by atoms with Gasteiger partial charge in [-0.05, 0) is 31.4 Å². The first-order valence-electron chi connectivity index (χ1n) is 6.10. The van der Waals surface area contributed by atoms with E-state index < -0.39 is 13.1 Å². The second-order valence-corrected chi connectivity index (χ2v) is 4.93. The smallest absolute Gasteiger partial charge is 0.526 e. The number of ketones is 1. The number of hydrogen-bond acceptors (Lipinski definition) is 4. The van der Waals surface area contributed by atoms with Crippen molar-refractivity contribution >= 4 is 18.9 Å². The maximum atomic E-state index is 11.2. The van der Waals surface area contributed by atoms with Gasteiger partial charge in [0.05, 0.1) is 0 Å². The van der Waals surface area contributed by atoms with E-state index in [1.807, 2.05) is 0 Å². The van der Waals surface area contributed by atoms with Crippen LogP contribution in [0.4, 0.5) is 0 Å². The van der Waals surface area contributed by atoms with Gasteiger partial charge in [0.15, 0.2) is 0 Å². The van der Waals surface area contributed by atoms with E-state index in [0.29, 0.717) is 12.0 Å². The van der Waals surface area contributed by atoms with Crippen molar-refractivity contribution < 1.29 is 24.4 Å². The predicted molar refractivity (Wildman–Crippen MR) is 69.5 cm³/mol. The van der Waals surface area contributed by atoms with E-state index in [1.165, 1.54) is 6.92 Å². The predicted octanol–water partition coefficient (Wildman–Crippen LogP) is 1.46. The Morgan fingerprint density at radius 2 is 2.16 bits per heavy atom. The Hall–Kier alpha value is -1.82. The molecule has 2 N–H and O–H groups in total. The molecule has 0 bridgehead atoms. The summed E-state index contributed by atoms with van der Waals surface area (Å²) in [6, 6.07) is 3.50. The summed E-state index contributed by atoms with van der Waals surface area (Å²) in [5.41, 5.74) is 1.39. The van der Waals surface area contributed by atoms with Gasteiger partial charge in [0.25, 0.3) is 0 Å². The maximum absolute atomic E-state index is 11.2. The molecule has 6 heteroatoms. The topological polar surface area (TPSA) is 83.8 Å². The van der Waals surface area contributed by atoms with Crippen LogP contribution in [0.15, 0.2) is 12.1 Å². The van der Waals surface area contributed by atoms with E-state index >= 15 is 0 Å². The molecular weight excluding hydrogens is 247 g/mol. The van der Waals surface area contributed by atoms with Crippen molar-refractivity contribution in [3.63, 3.8) is 0 Å². The van der Waals surface area contributed by atoms with Gasteiger partial charge >= 0.3 is 13.1 Å². The van der Waals surface area contributed by atoms with Gasteiger partial charge in [0.2, 0.25) is 0 Å². The van der Waals surface area contributed by atoms with Crippen molar-refractivity contribution in [1.29, 1.82) is 0 Å². The summed E-state index contributed by atoms with van der Waals surface area (Å²) in [5, 5.41) is 19.1. The van der Waals surface area contributed by atoms with Crippen molar-refractivity contribution in [2.45, 2.75) is 32.5 Å². The summed E-state index contributed by atoms with van der Waals surface area (Å²) in [5.74, 6) is -1.21. The molecule has 0 aromatic heterocycles. The Morgan fingerprint density at radius 3 is 2.74 bits per heavy atom. The highest BCUT2D eigenvalue weighted by Gasteiger charge is 2.37. The van der Waals surface area contributed by atoms with Gasteiger partial charge < -0.3 is 19.6 Å². The lowest BCUT2D eigenvalue weighted by Crippen LogP contribution is -2.35. The quantitative estimate of drug-likeness (QED) is 0.805. The van der Waals surface area contributed by atoms with Crippen LogP contribution in [0.3, 0.4) is 0 Å². The molecule has 0 amide bonds. The molecule has 0 saturated carbocycles. The molecule has 19 heavy (non-hydrogen) atoms. The van der Waals surface area contributed by atoms with Gasteiger partial charge in [-0.2, -0.15) is 0 Å². The van der Waals surface area contributed by atoms with Crippen LogP contribution in [0.2, 0.25) is 5.82 Å². The Morgan fingerprint density at radius 1 is 1.47 bits per heavy atom. The third-order valence-corrected chi connectivity index (χ3v) is 3.34. The lowest BCUT2D eigenvalue weighted by molar-refractivity contribution is -0.117. The number of aryl methyl sites for hydroxylation is 1. The molecule has 2 rings (SSSR count).